The van der Waals surface area contributed by atoms with Crippen LogP contribution in [-0.2, 0) is 0 Å². The van der Waals surface area contributed by atoms with Crippen LogP contribution in [-0.4, -0.2) is 56.6 Å². The molecule has 2 N–H and O–H groups in total. The summed E-state index contributed by atoms with van der Waals surface area (Å²) in [5.41, 5.74) is 6.25. The molecule has 0 aliphatic rings. The highest BCUT2D eigenvalue weighted by Crippen LogP contribution is 2.41. The third-order valence-corrected chi connectivity index (χ3v) is 6.43. The van der Waals surface area contributed by atoms with E-state index < -0.39 is 5.91 Å². The van der Waals surface area contributed by atoms with Gasteiger partial charge in [0.15, 0.2) is 11.5 Å². The van der Waals surface area contributed by atoms with Gasteiger partial charge in [0, 0.05) is 41.4 Å². The van der Waals surface area contributed by atoms with Crippen molar-refractivity contribution in [3.05, 3.63) is 71.8 Å². The van der Waals surface area contributed by atoms with Gasteiger partial charge in [-0.3, -0.25) is 4.79 Å². The molecule has 1 amide bonds. The molecule has 202 valence electrons. The molecule has 4 rings (SSSR count). The molecule has 0 aliphatic carbocycles. The number of para-hydroxylation sites is 1. The largest absolute Gasteiger partial charge is 0.507 e. The van der Waals surface area contributed by atoms with Gasteiger partial charge < -0.3 is 24.2 Å². The Morgan fingerprint density at radius 1 is 0.974 bits per heavy atom. The van der Waals surface area contributed by atoms with Gasteiger partial charge in [-0.1, -0.05) is 18.2 Å². The average Bonchev–Trinajstić information content (AvgIpc) is 2.97. The van der Waals surface area contributed by atoms with Crippen molar-refractivity contribution in [3.8, 4) is 34.3 Å². The number of nitrogens with zero attached hydrogens (tertiary/aromatic N) is 3. The second-order valence-electron chi connectivity index (χ2n) is 8.60. The molecule has 1 heterocycles. The number of anilines is 1. The van der Waals surface area contributed by atoms with E-state index in [0.717, 1.165) is 18.8 Å². The monoisotopic (exact) mass is 528 g/mol. The number of carbonyl (C=O) groups is 1. The van der Waals surface area contributed by atoms with Gasteiger partial charge >= 0.3 is 0 Å². The summed E-state index contributed by atoms with van der Waals surface area (Å²) in [6.07, 6.45) is 1.42. The minimum atomic E-state index is -0.419. The zero-order chi connectivity index (χ0) is 27.9. The highest BCUT2D eigenvalue weighted by molar-refractivity contribution is 6.07. The number of hydrazone groups is 1. The van der Waals surface area contributed by atoms with Crippen molar-refractivity contribution in [2.45, 2.75) is 13.8 Å². The number of phenolic OH excluding ortho intramolecular Hbond substituents is 1. The normalized spacial score (nSPS) is 11.0. The van der Waals surface area contributed by atoms with Crippen LogP contribution in [0.2, 0.25) is 0 Å². The Kier molecular flexibility index (Phi) is 8.50. The highest BCUT2D eigenvalue weighted by Gasteiger charge is 2.18. The summed E-state index contributed by atoms with van der Waals surface area (Å²) >= 11 is 0. The van der Waals surface area contributed by atoms with Gasteiger partial charge in [0.2, 0.25) is 5.75 Å². The first-order valence-electron chi connectivity index (χ1n) is 12.6. The summed E-state index contributed by atoms with van der Waals surface area (Å²) < 4.78 is 16.4. The number of nitrogens with one attached hydrogen (secondary N) is 1. The van der Waals surface area contributed by atoms with Crippen LogP contribution in [0.3, 0.4) is 0 Å². The van der Waals surface area contributed by atoms with Crippen LogP contribution >= 0.6 is 0 Å². The van der Waals surface area contributed by atoms with Crippen LogP contribution in [0.4, 0.5) is 5.69 Å². The molecule has 9 nitrogen and oxygen atoms in total. The molecule has 0 bridgehead atoms. The minimum absolute atomic E-state index is 0.0800. The van der Waals surface area contributed by atoms with E-state index in [4.69, 9.17) is 19.2 Å². The summed E-state index contributed by atoms with van der Waals surface area (Å²) in [6.45, 7) is 5.78. The van der Waals surface area contributed by atoms with Crippen LogP contribution in [0.15, 0.2) is 65.8 Å². The lowest BCUT2D eigenvalue weighted by Crippen LogP contribution is -2.21. The second-order valence-corrected chi connectivity index (χ2v) is 8.60. The van der Waals surface area contributed by atoms with E-state index in [2.05, 4.69) is 29.3 Å². The van der Waals surface area contributed by atoms with E-state index in [9.17, 15) is 9.90 Å². The van der Waals surface area contributed by atoms with E-state index in [-0.39, 0.29) is 5.75 Å². The highest BCUT2D eigenvalue weighted by atomic mass is 16.5. The van der Waals surface area contributed by atoms with Crippen molar-refractivity contribution in [3.63, 3.8) is 0 Å². The fraction of sp³-hybridized carbons (Fsp3) is 0.233. The Morgan fingerprint density at radius 2 is 1.67 bits per heavy atom. The fourth-order valence-electron chi connectivity index (χ4n) is 4.39. The lowest BCUT2D eigenvalue weighted by Gasteiger charge is -2.21. The first-order valence-corrected chi connectivity index (χ1v) is 12.6. The van der Waals surface area contributed by atoms with Crippen molar-refractivity contribution < 1.29 is 24.1 Å². The van der Waals surface area contributed by atoms with Crippen LogP contribution in [0.1, 0.15) is 29.8 Å². The second kappa shape index (κ2) is 12.2. The molecule has 0 radical (unpaired) electrons. The van der Waals surface area contributed by atoms with Crippen LogP contribution in [0.5, 0.6) is 23.0 Å². The first kappa shape index (κ1) is 27.3. The summed E-state index contributed by atoms with van der Waals surface area (Å²) in [7, 11) is 4.62. The van der Waals surface area contributed by atoms with E-state index >= 15 is 0 Å². The summed E-state index contributed by atoms with van der Waals surface area (Å²) in [6, 6.07) is 18.0. The maximum atomic E-state index is 13.3. The molecule has 0 saturated carbocycles. The van der Waals surface area contributed by atoms with Crippen LogP contribution in [0.25, 0.3) is 22.2 Å². The van der Waals surface area contributed by atoms with Crippen LogP contribution < -0.4 is 24.5 Å². The summed E-state index contributed by atoms with van der Waals surface area (Å²) in [4.78, 5) is 20.2. The van der Waals surface area contributed by atoms with Crippen molar-refractivity contribution >= 4 is 28.7 Å². The number of hydrogen-bond donors (Lipinski definition) is 2. The molecule has 0 unspecified atom stereocenters. The third kappa shape index (κ3) is 5.72. The molecular formula is C30H32N4O5. The molecule has 39 heavy (non-hydrogen) atoms. The van der Waals surface area contributed by atoms with Gasteiger partial charge in [-0.25, -0.2) is 10.4 Å². The zero-order valence-corrected chi connectivity index (χ0v) is 22.7. The molecule has 0 saturated heterocycles. The molecule has 4 aromatic rings. The quantitative estimate of drug-likeness (QED) is 0.214. The smallest absolute Gasteiger partial charge is 0.272 e. The number of benzene rings is 3. The lowest BCUT2D eigenvalue weighted by atomic mass is 10.0. The number of pyridine rings is 1. The maximum absolute atomic E-state index is 13.3. The standard InChI is InChI=1S/C30H32N4O5/c1-6-34(7-2)21-13-12-19(26(35)16-21)18-31-33-30(36)23-17-25(32-24-11-9-8-10-22(23)24)20-14-27(37-3)29(39-5)28(15-20)38-4/h8-18,35H,6-7H2,1-5H3,(H,33,36)/b31-18+. The molecule has 0 atom stereocenters. The van der Waals surface area contributed by atoms with Crippen LogP contribution in [0, 0.1) is 0 Å². The number of rotatable bonds is 10. The van der Waals surface area contributed by atoms with Crippen molar-refractivity contribution in [2.24, 2.45) is 5.10 Å². The fourth-order valence-corrected chi connectivity index (χ4v) is 4.39. The Hall–Kier alpha value is -4.79. The van der Waals surface area contributed by atoms with Gasteiger partial charge in [0.1, 0.15) is 5.75 Å². The number of aromatic hydroxyl groups is 1. The number of carbonyl (C=O) groups excluding carboxylic acids is 1. The predicted octanol–water partition coefficient (Wildman–Crippen LogP) is 5.24. The number of aromatic nitrogens is 1. The van der Waals surface area contributed by atoms with Gasteiger partial charge in [-0.15, -0.1) is 0 Å². The van der Waals surface area contributed by atoms with Crippen molar-refractivity contribution in [2.75, 3.05) is 39.3 Å². The average molecular weight is 529 g/mol. The molecule has 3 aromatic carbocycles. The lowest BCUT2D eigenvalue weighted by molar-refractivity contribution is 0.0956. The zero-order valence-electron chi connectivity index (χ0n) is 22.7. The van der Waals surface area contributed by atoms with Crippen molar-refractivity contribution in [1.82, 2.24) is 10.4 Å². The Labute approximate surface area is 227 Å². The molecule has 0 spiro atoms. The van der Waals surface area contributed by atoms with Gasteiger partial charge in [-0.2, -0.15) is 5.10 Å². The van der Waals surface area contributed by atoms with E-state index in [1.807, 2.05) is 30.3 Å². The number of hydrogen-bond acceptors (Lipinski definition) is 8. The molecular weight excluding hydrogens is 496 g/mol. The Morgan fingerprint density at radius 3 is 2.28 bits per heavy atom. The number of fused-ring (bicyclic) bond motifs is 1. The summed E-state index contributed by atoms with van der Waals surface area (Å²) in [5.74, 6) is 1.08. The summed E-state index contributed by atoms with van der Waals surface area (Å²) in [5, 5.41) is 15.3. The molecule has 9 heteroatoms. The SMILES string of the molecule is CCN(CC)c1ccc(/C=N/NC(=O)c2cc(-c3cc(OC)c(OC)c(OC)c3)nc3ccccc23)c(O)c1. The van der Waals surface area contributed by atoms with Gasteiger partial charge in [-0.05, 0) is 50.2 Å². The number of ether oxygens (including phenoxy) is 3. The number of phenols is 1. The minimum Gasteiger partial charge on any atom is -0.507 e. The predicted molar refractivity (Wildman–Crippen MR) is 154 cm³/mol. The van der Waals surface area contributed by atoms with E-state index in [1.54, 1.807) is 44.6 Å². The van der Waals surface area contributed by atoms with Crippen molar-refractivity contribution in [1.29, 1.82) is 0 Å². The van der Waals surface area contributed by atoms with Gasteiger partial charge in [0.25, 0.3) is 5.91 Å². The molecule has 0 aliphatic heterocycles. The molecule has 0 fully saturated rings. The van der Waals surface area contributed by atoms with E-state index in [1.165, 1.54) is 13.3 Å². The number of amides is 1. The third-order valence-electron chi connectivity index (χ3n) is 6.43. The first-order chi connectivity index (χ1) is 18.9. The Balaban J connectivity index is 1.67. The van der Waals surface area contributed by atoms with E-state index in [0.29, 0.717) is 50.5 Å². The maximum Gasteiger partial charge on any atom is 0.272 e. The topological polar surface area (TPSA) is 106 Å². The molecule has 1 aromatic heterocycles. The van der Waals surface area contributed by atoms with Gasteiger partial charge in [0.05, 0.1) is 44.3 Å². The number of methoxy groups -OCH3 is 3. The Bertz CT molecular complexity index is 1490.